The molecule has 152 valence electrons. The molecule has 1 aliphatic rings. The fourth-order valence-electron chi connectivity index (χ4n) is 3.22. The molecular formula is C23H21N3OS3. The zero-order valence-corrected chi connectivity index (χ0v) is 19.2. The number of thiocarbonyl (C=S) groups is 1. The zero-order chi connectivity index (χ0) is 21.1. The van der Waals surface area contributed by atoms with E-state index in [9.17, 15) is 4.79 Å². The summed E-state index contributed by atoms with van der Waals surface area (Å²) in [6.45, 7) is 4.65. The highest BCUT2D eigenvalue weighted by atomic mass is 32.2. The van der Waals surface area contributed by atoms with Crippen LogP contribution in [0, 0.1) is 0 Å². The molecule has 4 nitrogen and oxygen atoms in total. The van der Waals surface area contributed by atoms with E-state index in [4.69, 9.17) is 17.3 Å². The molecule has 0 atom stereocenters. The maximum absolute atomic E-state index is 12.7. The summed E-state index contributed by atoms with van der Waals surface area (Å²) in [5.41, 5.74) is 3.72. The summed E-state index contributed by atoms with van der Waals surface area (Å²) in [6, 6.07) is 18.4. The Balaban J connectivity index is 1.78. The van der Waals surface area contributed by atoms with Crippen LogP contribution >= 0.6 is 35.7 Å². The molecule has 2 aromatic carbocycles. The molecule has 30 heavy (non-hydrogen) atoms. The molecule has 1 saturated heterocycles. The molecule has 0 bridgehead atoms. The van der Waals surface area contributed by atoms with E-state index in [1.807, 2.05) is 66.0 Å². The fourth-order valence-corrected chi connectivity index (χ4v) is 5.26. The van der Waals surface area contributed by atoms with Crippen molar-refractivity contribution in [2.45, 2.75) is 18.7 Å². The summed E-state index contributed by atoms with van der Waals surface area (Å²) in [4.78, 5) is 16.2. The first-order valence-corrected chi connectivity index (χ1v) is 12.0. The average molecular weight is 452 g/mol. The first kappa shape index (κ1) is 20.9. The van der Waals surface area contributed by atoms with Gasteiger partial charge < -0.3 is 0 Å². The van der Waals surface area contributed by atoms with Crippen LogP contribution in [-0.2, 0) is 4.79 Å². The number of rotatable bonds is 6. The van der Waals surface area contributed by atoms with Crippen LogP contribution in [0.5, 0.6) is 0 Å². The van der Waals surface area contributed by atoms with Gasteiger partial charge in [-0.05, 0) is 43.0 Å². The van der Waals surface area contributed by atoms with Crippen molar-refractivity contribution in [3.8, 4) is 16.9 Å². The van der Waals surface area contributed by atoms with Crippen molar-refractivity contribution in [3.05, 3.63) is 71.3 Å². The normalized spacial score (nSPS) is 15.4. The molecule has 1 aromatic heterocycles. The molecule has 1 aliphatic heterocycles. The SMILES string of the molecule is CCSc1ccc(-c2nn(-c3ccccc3)cc2C=C2SC(=S)N(CC)C2=O)cc1. The van der Waals surface area contributed by atoms with Crippen LogP contribution < -0.4 is 0 Å². The lowest BCUT2D eigenvalue weighted by Crippen LogP contribution is -2.27. The number of hydrogen-bond acceptors (Lipinski definition) is 5. The quantitative estimate of drug-likeness (QED) is 0.266. The number of thioether (sulfide) groups is 2. The van der Waals surface area contributed by atoms with E-state index in [0.717, 1.165) is 28.3 Å². The molecule has 4 rings (SSSR count). The van der Waals surface area contributed by atoms with Gasteiger partial charge in [0.2, 0.25) is 0 Å². The largest absolute Gasteiger partial charge is 0.293 e. The van der Waals surface area contributed by atoms with Crippen molar-refractivity contribution in [3.63, 3.8) is 0 Å². The fraction of sp³-hybridized carbons (Fsp3) is 0.174. The Hall–Kier alpha value is -2.35. The number of nitrogens with zero attached hydrogens (tertiary/aromatic N) is 3. The van der Waals surface area contributed by atoms with Crippen LogP contribution in [0.15, 0.2) is 70.6 Å². The highest BCUT2D eigenvalue weighted by Gasteiger charge is 2.31. The summed E-state index contributed by atoms with van der Waals surface area (Å²) >= 11 is 8.52. The average Bonchev–Trinajstić information content (AvgIpc) is 3.30. The molecule has 0 radical (unpaired) electrons. The molecule has 0 aliphatic carbocycles. The smallest absolute Gasteiger partial charge is 0.266 e. The minimum absolute atomic E-state index is 0.0411. The van der Waals surface area contributed by atoms with Gasteiger partial charge in [0.25, 0.3) is 5.91 Å². The van der Waals surface area contributed by atoms with Crippen LogP contribution in [0.3, 0.4) is 0 Å². The second-order valence-corrected chi connectivity index (χ2v) is 9.61. The van der Waals surface area contributed by atoms with Crippen molar-refractivity contribution >= 4 is 52.0 Å². The minimum Gasteiger partial charge on any atom is -0.293 e. The first-order valence-electron chi connectivity index (χ1n) is 9.74. The van der Waals surface area contributed by atoms with E-state index >= 15 is 0 Å². The van der Waals surface area contributed by atoms with Gasteiger partial charge in [-0.25, -0.2) is 4.68 Å². The van der Waals surface area contributed by atoms with Gasteiger partial charge in [-0.2, -0.15) is 5.10 Å². The first-order chi connectivity index (χ1) is 14.6. The maximum atomic E-state index is 12.7. The number of aromatic nitrogens is 2. The third-order valence-corrected chi connectivity index (χ3v) is 6.95. The lowest BCUT2D eigenvalue weighted by atomic mass is 10.1. The monoisotopic (exact) mass is 451 g/mol. The molecule has 7 heteroatoms. The molecule has 0 N–H and O–H groups in total. The predicted octanol–water partition coefficient (Wildman–Crippen LogP) is 5.87. The third-order valence-electron chi connectivity index (χ3n) is 4.68. The van der Waals surface area contributed by atoms with Crippen molar-refractivity contribution < 1.29 is 4.79 Å². The number of para-hydroxylation sites is 1. The van der Waals surface area contributed by atoms with E-state index in [0.29, 0.717) is 15.8 Å². The second kappa shape index (κ2) is 9.20. The van der Waals surface area contributed by atoms with Crippen molar-refractivity contribution in [2.24, 2.45) is 0 Å². The lowest BCUT2D eigenvalue weighted by molar-refractivity contribution is -0.121. The Labute approximate surface area is 190 Å². The molecule has 0 unspecified atom stereocenters. The van der Waals surface area contributed by atoms with Gasteiger partial charge in [0, 0.05) is 28.8 Å². The number of amides is 1. The Morgan fingerprint density at radius 2 is 1.83 bits per heavy atom. The van der Waals surface area contributed by atoms with Crippen LogP contribution in [0.4, 0.5) is 0 Å². The van der Waals surface area contributed by atoms with E-state index in [1.54, 1.807) is 4.90 Å². The van der Waals surface area contributed by atoms with Gasteiger partial charge in [-0.15, -0.1) is 11.8 Å². The van der Waals surface area contributed by atoms with E-state index in [1.165, 1.54) is 16.7 Å². The Morgan fingerprint density at radius 1 is 1.10 bits per heavy atom. The topological polar surface area (TPSA) is 38.1 Å². The number of carbonyl (C=O) groups is 1. The van der Waals surface area contributed by atoms with Gasteiger partial charge in [-0.3, -0.25) is 9.69 Å². The molecule has 2 heterocycles. The van der Waals surface area contributed by atoms with Crippen molar-refractivity contribution in [1.29, 1.82) is 0 Å². The molecule has 0 saturated carbocycles. The lowest BCUT2D eigenvalue weighted by Gasteiger charge is -2.09. The molecule has 0 spiro atoms. The summed E-state index contributed by atoms with van der Waals surface area (Å²) < 4.78 is 2.46. The second-order valence-electron chi connectivity index (χ2n) is 6.60. The van der Waals surface area contributed by atoms with Crippen LogP contribution in [0.1, 0.15) is 19.4 Å². The van der Waals surface area contributed by atoms with Crippen molar-refractivity contribution in [2.75, 3.05) is 12.3 Å². The Morgan fingerprint density at radius 3 is 2.47 bits per heavy atom. The summed E-state index contributed by atoms with van der Waals surface area (Å²) in [5, 5.41) is 4.85. The predicted molar refractivity (Wildman–Crippen MR) is 131 cm³/mol. The molecule has 3 aromatic rings. The van der Waals surface area contributed by atoms with Crippen LogP contribution in [0.25, 0.3) is 23.0 Å². The summed E-state index contributed by atoms with van der Waals surface area (Å²) in [5.74, 6) is 0.993. The standard InChI is InChI=1S/C23H21N3OS3/c1-3-25-22(27)20(30-23(25)28)14-17-15-26(18-8-6-5-7-9-18)24-21(17)16-10-12-19(13-11-16)29-4-2/h5-15H,3-4H2,1-2H3. The molecular weight excluding hydrogens is 430 g/mol. The van der Waals surface area contributed by atoms with Gasteiger partial charge >= 0.3 is 0 Å². The third kappa shape index (κ3) is 4.24. The minimum atomic E-state index is -0.0411. The number of benzene rings is 2. The Bertz CT molecular complexity index is 1100. The van der Waals surface area contributed by atoms with Crippen molar-refractivity contribution in [1.82, 2.24) is 14.7 Å². The van der Waals surface area contributed by atoms with Crippen LogP contribution in [-0.4, -0.2) is 37.2 Å². The highest BCUT2D eigenvalue weighted by molar-refractivity contribution is 8.26. The Kier molecular flexibility index (Phi) is 6.41. The molecule has 1 fully saturated rings. The summed E-state index contributed by atoms with van der Waals surface area (Å²) in [7, 11) is 0. The number of hydrogen-bond donors (Lipinski definition) is 0. The van der Waals surface area contributed by atoms with Gasteiger partial charge in [0.1, 0.15) is 4.32 Å². The van der Waals surface area contributed by atoms with E-state index < -0.39 is 0 Å². The molecule has 1 amide bonds. The summed E-state index contributed by atoms with van der Waals surface area (Å²) in [6.07, 6.45) is 3.88. The van der Waals surface area contributed by atoms with Gasteiger partial charge in [-0.1, -0.05) is 61.2 Å². The van der Waals surface area contributed by atoms with Gasteiger partial charge in [0.05, 0.1) is 16.3 Å². The van der Waals surface area contributed by atoms with E-state index in [2.05, 4.69) is 31.2 Å². The number of likely N-dealkylation sites (N-methyl/N-ethyl adjacent to an activating group) is 1. The van der Waals surface area contributed by atoms with Gasteiger partial charge in [0.15, 0.2) is 0 Å². The van der Waals surface area contributed by atoms with E-state index in [-0.39, 0.29) is 5.91 Å². The highest BCUT2D eigenvalue weighted by Crippen LogP contribution is 2.35. The number of carbonyl (C=O) groups excluding carboxylic acids is 1. The maximum Gasteiger partial charge on any atom is 0.266 e. The van der Waals surface area contributed by atoms with Crippen LogP contribution in [0.2, 0.25) is 0 Å². The zero-order valence-electron chi connectivity index (χ0n) is 16.7.